The molecule has 0 aliphatic carbocycles. The Bertz CT molecular complexity index is 900. The number of aliphatic hydroxyl groups excluding tert-OH is 1. The number of para-hydroxylation sites is 2. The number of methoxy groups -OCH3 is 1. The minimum atomic E-state index is -3.86. The van der Waals surface area contributed by atoms with E-state index in [0.717, 1.165) is 31.5 Å². The summed E-state index contributed by atoms with van der Waals surface area (Å²) in [6.45, 7) is 4.21. The zero-order chi connectivity index (χ0) is 20.9. The first kappa shape index (κ1) is 24.5. The van der Waals surface area contributed by atoms with E-state index in [1.165, 1.54) is 17.8 Å². The molecule has 1 N–H and O–H groups in total. The fourth-order valence-electron chi connectivity index (χ4n) is 3.69. The molecule has 0 spiro atoms. The largest absolute Gasteiger partial charge is 0.495 e. The van der Waals surface area contributed by atoms with Gasteiger partial charge in [-0.25, -0.2) is 8.42 Å². The van der Waals surface area contributed by atoms with E-state index in [4.69, 9.17) is 4.74 Å². The normalized spacial score (nSPS) is 15.8. The number of rotatable bonds is 8. The Hall–Kier alpha value is -1.80. The van der Waals surface area contributed by atoms with E-state index in [0.29, 0.717) is 18.0 Å². The van der Waals surface area contributed by atoms with Crippen molar-refractivity contribution in [2.75, 3.05) is 37.6 Å². The number of likely N-dealkylation sites (tertiary alicyclic amines) is 1. The van der Waals surface area contributed by atoms with E-state index in [9.17, 15) is 13.5 Å². The number of sulfonamides is 1. The third-order valence-corrected chi connectivity index (χ3v) is 7.05. The molecule has 2 aromatic carbocycles. The van der Waals surface area contributed by atoms with Gasteiger partial charge in [0.25, 0.3) is 10.0 Å². The molecule has 1 aliphatic rings. The van der Waals surface area contributed by atoms with Gasteiger partial charge in [0.1, 0.15) is 5.75 Å². The monoisotopic (exact) mass is 454 g/mol. The van der Waals surface area contributed by atoms with E-state index < -0.39 is 16.1 Å². The Balaban J connectivity index is 0.00000320. The van der Waals surface area contributed by atoms with Crippen LogP contribution in [0.2, 0.25) is 0 Å². The molecular formula is C22H31ClN2O4S. The van der Waals surface area contributed by atoms with Gasteiger partial charge in [-0.1, -0.05) is 36.2 Å². The fourth-order valence-corrected chi connectivity index (χ4v) is 5.20. The first-order valence-corrected chi connectivity index (χ1v) is 11.5. The van der Waals surface area contributed by atoms with Crippen molar-refractivity contribution in [3.63, 3.8) is 0 Å². The molecule has 0 saturated carbocycles. The van der Waals surface area contributed by atoms with Gasteiger partial charge in [0.05, 0.1) is 30.3 Å². The Morgan fingerprint density at radius 2 is 1.70 bits per heavy atom. The van der Waals surface area contributed by atoms with Crippen LogP contribution in [0, 0.1) is 6.92 Å². The Morgan fingerprint density at radius 3 is 2.33 bits per heavy atom. The van der Waals surface area contributed by atoms with Crippen molar-refractivity contribution in [1.29, 1.82) is 0 Å². The van der Waals surface area contributed by atoms with Gasteiger partial charge in [-0.15, -0.1) is 12.4 Å². The molecule has 1 unspecified atom stereocenters. The van der Waals surface area contributed by atoms with Gasteiger partial charge in [0.2, 0.25) is 0 Å². The van der Waals surface area contributed by atoms with Crippen LogP contribution in [0.3, 0.4) is 0 Å². The van der Waals surface area contributed by atoms with Crippen LogP contribution in [0.5, 0.6) is 5.75 Å². The second-order valence-electron chi connectivity index (χ2n) is 7.54. The number of β-amino-alcohol motifs (C(OH)–C–C–N with tert-alkyl or cyclic N) is 1. The molecule has 1 fully saturated rings. The molecule has 0 aromatic heterocycles. The smallest absolute Gasteiger partial charge is 0.264 e. The molecule has 6 nitrogen and oxygen atoms in total. The number of piperidine rings is 1. The van der Waals surface area contributed by atoms with Crippen LogP contribution >= 0.6 is 12.4 Å². The minimum absolute atomic E-state index is 0. The van der Waals surface area contributed by atoms with Crippen LogP contribution in [0.15, 0.2) is 53.4 Å². The quantitative estimate of drug-likeness (QED) is 0.661. The maximum atomic E-state index is 13.5. The lowest BCUT2D eigenvalue weighted by Gasteiger charge is -2.32. The third-order valence-electron chi connectivity index (χ3n) is 5.26. The van der Waals surface area contributed by atoms with Gasteiger partial charge in [-0.3, -0.25) is 4.31 Å². The number of benzene rings is 2. The third kappa shape index (κ3) is 5.88. The van der Waals surface area contributed by atoms with Crippen molar-refractivity contribution in [1.82, 2.24) is 4.90 Å². The van der Waals surface area contributed by atoms with E-state index in [-0.39, 0.29) is 23.8 Å². The lowest BCUT2D eigenvalue weighted by molar-refractivity contribution is 0.107. The van der Waals surface area contributed by atoms with E-state index >= 15 is 0 Å². The standard InChI is InChI=1S/C22H30N2O4S.ClH/c1-18-10-12-20(13-11-18)29(26,27)24(21-8-4-5-9-22(21)28-2)17-19(25)16-23-14-6-3-7-15-23;/h4-5,8-13,19,25H,3,6-7,14-17H2,1-2H3;1H. The minimum Gasteiger partial charge on any atom is -0.495 e. The number of hydrogen-bond donors (Lipinski definition) is 1. The Kier molecular flexibility index (Phi) is 8.97. The molecule has 1 heterocycles. The van der Waals surface area contributed by atoms with Crippen molar-refractivity contribution in [3.8, 4) is 5.75 Å². The van der Waals surface area contributed by atoms with Gasteiger partial charge in [-0.05, 0) is 57.1 Å². The molecule has 0 bridgehead atoms. The van der Waals surface area contributed by atoms with Crippen molar-refractivity contribution >= 4 is 28.1 Å². The zero-order valence-electron chi connectivity index (χ0n) is 17.5. The summed E-state index contributed by atoms with van der Waals surface area (Å²) in [4.78, 5) is 2.40. The molecule has 8 heteroatoms. The molecule has 2 aromatic rings. The summed E-state index contributed by atoms with van der Waals surface area (Å²) in [5.41, 5.74) is 1.41. The SMILES string of the molecule is COc1ccccc1N(CC(O)CN1CCCCC1)S(=O)(=O)c1ccc(C)cc1.Cl. The number of anilines is 1. The number of hydrogen-bond acceptors (Lipinski definition) is 5. The van der Waals surface area contributed by atoms with Crippen molar-refractivity contribution < 1.29 is 18.3 Å². The average molecular weight is 455 g/mol. The highest BCUT2D eigenvalue weighted by Gasteiger charge is 2.30. The number of aliphatic hydroxyl groups is 1. The Labute approximate surface area is 185 Å². The van der Waals surface area contributed by atoms with Crippen LogP contribution in [0.4, 0.5) is 5.69 Å². The lowest BCUT2D eigenvalue weighted by Crippen LogP contribution is -2.44. The molecule has 1 saturated heterocycles. The van der Waals surface area contributed by atoms with Crippen LogP contribution in [-0.2, 0) is 10.0 Å². The summed E-state index contributed by atoms with van der Waals surface area (Å²) in [6, 6.07) is 13.8. The maximum absolute atomic E-state index is 13.5. The predicted octanol–water partition coefficient (Wildman–Crippen LogP) is 3.47. The molecular weight excluding hydrogens is 424 g/mol. The number of ether oxygens (including phenoxy) is 1. The van der Waals surface area contributed by atoms with Crippen LogP contribution < -0.4 is 9.04 Å². The number of aryl methyl sites for hydroxylation is 1. The predicted molar refractivity (Wildman–Crippen MR) is 122 cm³/mol. The van der Waals surface area contributed by atoms with Gasteiger partial charge in [-0.2, -0.15) is 0 Å². The molecule has 0 amide bonds. The number of halogens is 1. The van der Waals surface area contributed by atoms with E-state index in [1.807, 2.05) is 6.92 Å². The van der Waals surface area contributed by atoms with Crippen molar-refractivity contribution in [3.05, 3.63) is 54.1 Å². The summed E-state index contributed by atoms with van der Waals surface area (Å²) in [5, 5.41) is 10.8. The lowest BCUT2D eigenvalue weighted by atomic mass is 10.1. The van der Waals surface area contributed by atoms with Gasteiger partial charge >= 0.3 is 0 Å². The van der Waals surface area contributed by atoms with Gasteiger partial charge in [0.15, 0.2) is 0 Å². The fraction of sp³-hybridized carbons (Fsp3) is 0.455. The van der Waals surface area contributed by atoms with Gasteiger partial charge < -0.3 is 14.7 Å². The summed E-state index contributed by atoms with van der Waals surface area (Å²) in [5.74, 6) is 0.452. The second-order valence-corrected chi connectivity index (χ2v) is 9.40. The molecule has 166 valence electrons. The summed E-state index contributed by atoms with van der Waals surface area (Å²) in [7, 11) is -2.35. The molecule has 3 rings (SSSR count). The average Bonchev–Trinajstić information content (AvgIpc) is 2.73. The van der Waals surface area contributed by atoms with Gasteiger partial charge in [0, 0.05) is 6.54 Å². The number of nitrogens with zero attached hydrogens (tertiary/aromatic N) is 2. The second kappa shape index (κ2) is 11.0. The van der Waals surface area contributed by atoms with Crippen molar-refractivity contribution in [2.45, 2.75) is 37.2 Å². The van der Waals surface area contributed by atoms with Crippen molar-refractivity contribution in [2.24, 2.45) is 0 Å². The first-order chi connectivity index (χ1) is 13.9. The van der Waals surface area contributed by atoms with E-state index in [2.05, 4.69) is 4.90 Å². The molecule has 1 aliphatic heterocycles. The maximum Gasteiger partial charge on any atom is 0.264 e. The first-order valence-electron chi connectivity index (χ1n) is 10.0. The highest BCUT2D eigenvalue weighted by molar-refractivity contribution is 7.92. The highest BCUT2D eigenvalue weighted by atomic mass is 35.5. The topological polar surface area (TPSA) is 70.1 Å². The summed E-state index contributed by atoms with van der Waals surface area (Å²) in [6.07, 6.45) is 2.63. The summed E-state index contributed by atoms with van der Waals surface area (Å²) >= 11 is 0. The Morgan fingerprint density at radius 1 is 1.07 bits per heavy atom. The highest BCUT2D eigenvalue weighted by Crippen LogP contribution is 2.32. The van der Waals surface area contributed by atoms with Crippen LogP contribution in [0.25, 0.3) is 0 Å². The molecule has 0 radical (unpaired) electrons. The summed E-state index contributed by atoms with van der Waals surface area (Å²) < 4.78 is 33.7. The van der Waals surface area contributed by atoms with E-state index in [1.54, 1.807) is 48.5 Å². The zero-order valence-corrected chi connectivity index (χ0v) is 19.2. The molecule has 1 atom stereocenters. The molecule has 30 heavy (non-hydrogen) atoms. The van der Waals surface area contributed by atoms with Crippen LogP contribution in [0.1, 0.15) is 24.8 Å². The van der Waals surface area contributed by atoms with Crippen LogP contribution in [-0.4, -0.2) is 57.8 Å².